The zero-order valence-corrected chi connectivity index (χ0v) is 18.4. The molecule has 1 fully saturated rings. The number of ether oxygens (including phenoxy) is 2. The maximum absolute atomic E-state index is 12.9. The van der Waals surface area contributed by atoms with E-state index in [9.17, 15) is 10.1 Å². The molecule has 1 aliphatic rings. The third-order valence-corrected chi connectivity index (χ3v) is 5.49. The van der Waals surface area contributed by atoms with Crippen molar-refractivity contribution >= 4 is 17.3 Å². The molecular weight excluding hydrogens is 392 g/mol. The Morgan fingerprint density at radius 1 is 1.26 bits per heavy atom. The summed E-state index contributed by atoms with van der Waals surface area (Å²) in [7, 11) is 0. The van der Waals surface area contributed by atoms with E-state index >= 15 is 0 Å². The van der Waals surface area contributed by atoms with Gasteiger partial charge in [-0.15, -0.1) is 0 Å². The van der Waals surface area contributed by atoms with Crippen molar-refractivity contribution in [2.45, 2.75) is 26.2 Å². The Hall–Kier alpha value is -3.08. The Bertz CT molecular complexity index is 975. The number of nitrogen functional groups attached to an aromatic ring is 1. The number of hydrogen-bond donors (Lipinski definition) is 2. The van der Waals surface area contributed by atoms with E-state index in [1.54, 1.807) is 18.2 Å². The van der Waals surface area contributed by atoms with Crippen LogP contribution in [0.4, 0.5) is 11.4 Å². The molecule has 2 aromatic carbocycles. The highest BCUT2D eigenvalue weighted by Gasteiger charge is 2.23. The van der Waals surface area contributed by atoms with E-state index < -0.39 is 5.41 Å². The molecule has 0 aliphatic carbocycles. The summed E-state index contributed by atoms with van der Waals surface area (Å²) in [5.74, 6) is 0.291. The van der Waals surface area contributed by atoms with Crippen LogP contribution in [0.15, 0.2) is 36.4 Å². The van der Waals surface area contributed by atoms with Crippen molar-refractivity contribution in [1.82, 2.24) is 4.90 Å². The molecule has 1 aliphatic heterocycles. The third-order valence-electron chi connectivity index (χ3n) is 5.49. The fraction of sp³-hybridized carbons (Fsp3) is 0.417. The molecule has 0 saturated carbocycles. The van der Waals surface area contributed by atoms with Gasteiger partial charge in [0.15, 0.2) is 0 Å². The quantitative estimate of drug-likeness (QED) is 0.664. The Labute approximate surface area is 183 Å². The van der Waals surface area contributed by atoms with Crippen LogP contribution in [0.25, 0.3) is 0 Å². The lowest BCUT2D eigenvalue weighted by Gasteiger charge is -2.26. The number of amides is 1. The minimum Gasteiger partial charge on any atom is -0.492 e. The Balaban J connectivity index is 1.78. The van der Waals surface area contributed by atoms with Gasteiger partial charge in [-0.25, -0.2) is 0 Å². The Morgan fingerprint density at radius 3 is 2.68 bits per heavy atom. The predicted molar refractivity (Wildman–Crippen MR) is 121 cm³/mol. The van der Waals surface area contributed by atoms with Crippen molar-refractivity contribution in [1.29, 1.82) is 5.26 Å². The second-order valence-electron chi connectivity index (χ2n) is 8.31. The van der Waals surface area contributed by atoms with Crippen LogP contribution in [0.3, 0.4) is 0 Å². The lowest BCUT2D eigenvalue weighted by atomic mass is 9.85. The van der Waals surface area contributed by atoms with Crippen molar-refractivity contribution < 1.29 is 14.3 Å². The van der Waals surface area contributed by atoms with Crippen LogP contribution in [0.2, 0.25) is 0 Å². The summed E-state index contributed by atoms with van der Waals surface area (Å²) < 4.78 is 11.3. The zero-order valence-electron chi connectivity index (χ0n) is 18.4. The summed E-state index contributed by atoms with van der Waals surface area (Å²) in [4.78, 5) is 15.2. The number of carbonyl (C=O) groups is 1. The number of nitrogens with one attached hydrogen (secondary N) is 1. The second-order valence-corrected chi connectivity index (χ2v) is 8.31. The van der Waals surface area contributed by atoms with E-state index in [4.69, 9.17) is 15.2 Å². The van der Waals surface area contributed by atoms with Crippen molar-refractivity contribution in [2.75, 3.05) is 50.5 Å². The molecule has 3 N–H and O–H groups in total. The molecule has 7 nitrogen and oxygen atoms in total. The lowest BCUT2D eigenvalue weighted by molar-refractivity contribution is 0.0322. The number of benzene rings is 2. The van der Waals surface area contributed by atoms with Gasteiger partial charge in [0.25, 0.3) is 5.91 Å². The average Bonchev–Trinajstić information content (AvgIpc) is 2.77. The molecule has 2 aromatic rings. The van der Waals surface area contributed by atoms with Crippen molar-refractivity contribution in [2.24, 2.45) is 0 Å². The largest absolute Gasteiger partial charge is 0.492 e. The normalized spacial score (nSPS) is 14.6. The van der Waals surface area contributed by atoms with E-state index in [1.807, 2.05) is 39.0 Å². The average molecular weight is 423 g/mol. The highest BCUT2D eigenvalue weighted by Crippen LogP contribution is 2.28. The summed E-state index contributed by atoms with van der Waals surface area (Å²) in [6.45, 7) is 10.1. The molecule has 1 amide bonds. The summed E-state index contributed by atoms with van der Waals surface area (Å²) in [6.07, 6.45) is 0. The number of carbonyl (C=O) groups excluding carboxylic acids is 1. The van der Waals surface area contributed by atoms with Crippen molar-refractivity contribution in [3.05, 3.63) is 53.1 Å². The van der Waals surface area contributed by atoms with E-state index in [1.165, 1.54) is 0 Å². The van der Waals surface area contributed by atoms with Gasteiger partial charge in [-0.1, -0.05) is 6.07 Å². The molecule has 1 saturated heterocycles. The van der Waals surface area contributed by atoms with Gasteiger partial charge in [0.1, 0.15) is 12.4 Å². The maximum atomic E-state index is 12.9. The first-order valence-corrected chi connectivity index (χ1v) is 10.5. The van der Waals surface area contributed by atoms with Crippen LogP contribution >= 0.6 is 0 Å². The molecule has 3 rings (SSSR count). The van der Waals surface area contributed by atoms with Crippen LogP contribution in [0.1, 0.15) is 35.3 Å². The van der Waals surface area contributed by atoms with Gasteiger partial charge in [-0.2, -0.15) is 5.26 Å². The summed E-state index contributed by atoms with van der Waals surface area (Å²) in [5.41, 5.74) is 8.54. The molecule has 0 aromatic heterocycles. The van der Waals surface area contributed by atoms with Gasteiger partial charge in [0.05, 0.1) is 24.7 Å². The molecule has 0 radical (unpaired) electrons. The van der Waals surface area contributed by atoms with Crippen LogP contribution in [-0.4, -0.2) is 50.3 Å². The Kier molecular flexibility index (Phi) is 7.16. The van der Waals surface area contributed by atoms with Crippen LogP contribution in [0, 0.1) is 18.3 Å². The number of anilines is 2. The first-order valence-electron chi connectivity index (χ1n) is 10.5. The Morgan fingerprint density at radius 2 is 2.00 bits per heavy atom. The minimum atomic E-state index is -0.757. The fourth-order valence-electron chi connectivity index (χ4n) is 3.28. The van der Waals surface area contributed by atoms with Crippen molar-refractivity contribution in [3.63, 3.8) is 0 Å². The van der Waals surface area contributed by atoms with E-state index in [0.717, 1.165) is 44.0 Å². The van der Waals surface area contributed by atoms with E-state index in [0.29, 0.717) is 29.3 Å². The number of nitriles is 1. The highest BCUT2D eigenvalue weighted by molar-refractivity contribution is 6.05. The summed E-state index contributed by atoms with van der Waals surface area (Å²) in [6, 6.07) is 13.0. The number of nitrogens with zero attached hydrogens (tertiary/aromatic N) is 2. The number of morpholine rings is 1. The summed E-state index contributed by atoms with van der Waals surface area (Å²) >= 11 is 0. The molecule has 7 heteroatoms. The lowest BCUT2D eigenvalue weighted by Crippen LogP contribution is -2.38. The number of aryl methyl sites for hydroxylation is 1. The van der Waals surface area contributed by atoms with E-state index in [-0.39, 0.29) is 5.91 Å². The summed E-state index contributed by atoms with van der Waals surface area (Å²) in [5, 5.41) is 12.5. The van der Waals surface area contributed by atoms with E-state index in [2.05, 4.69) is 16.3 Å². The first kappa shape index (κ1) is 22.6. The van der Waals surface area contributed by atoms with Gasteiger partial charge in [0.2, 0.25) is 0 Å². The molecular formula is C24H30N4O3. The second kappa shape index (κ2) is 9.82. The molecule has 31 heavy (non-hydrogen) atoms. The molecule has 0 unspecified atom stereocenters. The first-order chi connectivity index (χ1) is 14.8. The molecule has 0 spiro atoms. The van der Waals surface area contributed by atoms with Gasteiger partial charge in [0, 0.05) is 36.6 Å². The molecule has 1 heterocycles. The highest BCUT2D eigenvalue weighted by atomic mass is 16.5. The van der Waals surface area contributed by atoms with Crippen LogP contribution < -0.4 is 15.8 Å². The van der Waals surface area contributed by atoms with Crippen LogP contribution in [0.5, 0.6) is 5.75 Å². The van der Waals surface area contributed by atoms with Gasteiger partial charge >= 0.3 is 0 Å². The van der Waals surface area contributed by atoms with Crippen LogP contribution in [-0.2, 0) is 10.2 Å². The SMILES string of the molecule is Cc1ccc(NC(=O)c2cc(OCCN3CCOCC3)cc(C(C)(C)C#N)c2)cc1N. The molecule has 164 valence electrons. The van der Waals surface area contributed by atoms with Gasteiger partial charge in [-0.05, 0) is 62.2 Å². The standard InChI is InChI=1S/C24H30N4O3/c1-17-4-5-20(15-22(17)26)27-23(29)18-12-19(24(2,3)16-25)14-21(13-18)31-11-8-28-6-9-30-10-7-28/h4-5,12-15H,6-11,26H2,1-3H3,(H,27,29). The van der Waals surface area contributed by atoms with Gasteiger partial charge < -0.3 is 20.5 Å². The number of nitrogens with two attached hydrogens (primary N) is 1. The zero-order chi connectivity index (χ0) is 22.4. The molecule has 0 bridgehead atoms. The smallest absolute Gasteiger partial charge is 0.255 e. The van der Waals surface area contributed by atoms with Crippen molar-refractivity contribution in [3.8, 4) is 11.8 Å². The molecule has 0 atom stereocenters. The maximum Gasteiger partial charge on any atom is 0.255 e. The minimum absolute atomic E-state index is 0.281. The number of rotatable bonds is 7. The number of hydrogen-bond acceptors (Lipinski definition) is 6. The topological polar surface area (TPSA) is 101 Å². The third kappa shape index (κ3) is 5.97. The predicted octanol–water partition coefficient (Wildman–Crippen LogP) is 3.34. The monoisotopic (exact) mass is 422 g/mol. The fourth-order valence-corrected chi connectivity index (χ4v) is 3.28. The van der Waals surface area contributed by atoms with Gasteiger partial charge in [-0.3, -0.25) is 9.69 Å².